The molecule has 8 heteroatoms. The molecular weight excluding hydrogens is 440 g/mol. The monoisotopic (exact) mass is 462 g/mol. The molecule has 34 heavy (non-hydrogen) atoms. The molecule has 0 fully saturated rings. The van der Waals surface area contributed by atoms with Crippen molar-refractivity contribution in [2.75, 3.05) is 28.4 Å². The van der Waals surface area contributed by atoms with Crippen LogP contribution in [0, 0.1) is 0 Å². The molecule has 0 bridgehead atoms. The summed E-state index contributed by atoms with van der Waals surface area (Å²) in [6.45, 7) is 0. The molecule has 8 nitrogen and oxygen atoms in total. The van der Waals surface area contributed by atoms with Gasteiger partial charge in [-0.25, -0.2) is 0 Å². The van der Waals surface area contributed by atoms with E-state index in [-0.39, 0.29) is 45.3 Å². The summed E-state index contributed by atoms with van der Waals surface area (Å²) in [6, 6.07) is 14.1. The van der Waals surface area contributed by atoms with Crippen molar-refractivity contribution in [2.24, 2.45) is 0 Å². The topological polar surface area (TPSA) is 104 Å². The number of phenols is 1. The summed E-state index contributed by atoms with van der Waals surface area (Å²) in [6.07, 6.45) is 0. The Labute approximate surface area is 194 Å². The summed E-state index contributed by atoms with van der Waals surface area (Å²) >= 11 is 0. The van der Waals surface area contributed by atoms with Crippen LogP contribution in [0.15, 0.2) is 63.8 Å². The number of carbonyl (C=O) groups excluding carboxylic acids is 1. The highest BCUT2D eigenvalue weighted by atomic mass is 16.5. The molecular formula is C26H22O8. The summed E-state index contributed by atoms with van der Waals surface area (Å²) < 4.78 is 27.2. The fourth-order valence-electron chi connectivity index (χ4n) is 3.74. The lowest BCUT2D eigenvalue weighted by Gasteiger charge is -2.15. The maximum Gasteiger partial charge on any atom is 0.204 e. The molecule has 0 aliphatic heterocycles. The number of phenolic OH excluding ortho intramolecular Hbond substituents is 1. The first kappa shape index (κ1) is 22.7. The van der Waals surface area contributed by atoms with Crippen LogP contribution in [0.1, 0.15) is 15.9 Å². The molecule has 0 amide bonds. The minimum absolute atomic E-state index is 0.0143. The fraction of sp³-hybridized carbons (Fsp3) is 0.154. The highest BCUT2D eigenvalue weighted by Gasteiger charge is 2.26. The van der Waals surface area contributed by atoms with E-state index in [9.17, 15) is 14.7 Å². The van der Waals surface area contributed by atoms with Gasteiger partial charge >= 0.3 is 0 Å². The van der Waals surface area contributed by atoms with E-state index in [1.54, 1.807) is 30.3 Å². The zero-order valence-electron chi connectivity index (χ0n) is 19.0. The molecule has 4 aromatic rings. The third kappa shape index (κ3) is 3.79. The Morgan fingerprint density at radius 2 is 1.47 bits per heavy atom. The number of aromatic hydroxyl groups is 1. The number of hydrogen-bond donors (Lipinski definition) is 1. The predicted molar refractivity (Wildman–Crippen MR) is 126 cm³/mol. The molecule has 1 N–H and O–H groups in total. The smallest absolute Gasteiger partial charge is 0.204 e. The van der Waals surface area contributed by atoms with E-state index in [2.05, 4.69) is 0 Å². The summed E-state index contributed by atoms with van der Waals surface area (Å²) in [5, 5.41) is 10.5. The first-order chi connectivity index (χ1) is 16.4. The Kier molecular flexibility index (Phi) is 6.14. The van der Waals surface area contributed by atoms with E-state index in [4.69, 9.17) is 23.4 Å². The fourth-order valence-corrected chi connectivity index (χ4v) is 3.74. The first-order valence-electron chi connectivity index (χ1n) is 10.2. The van der Waals surface area contributed by atoms with Gasteiger partial charge in [-0.15, -0.1) is 0 Å². The number of para-hydroxylation sites is 1. The standard InChI is InChI=1S/C26H22O8/c1-30-19-10-9-14(11-17(19)27)25-22(24(29)16-7-5-6-8-18(16)34-25)23(28)15-12-20(31-2)26(33-4)21(13-15)32-3/h5-13,27H,1-4H3. The molecule has 0 aliphatic carbocycles. The maximum absolute atomic E-state index is 13.7. The predicted octanol–water partition coefficient (Wildman–Crippen LogP) is 4.43. The first-order valence-corrected chi connectivity index (χ1v) is 10.2. The van der Waals surface area contributed by atoms with Crippen LogP contribution < -0.4 is 24.4 Å². The minimum Gasteiger partial charge on any atom is -0.504 e. The van der Waals surface area contributed by atoms with Gasteiger partial charge in [0.2, 0.25) is 17.0 Å². The van der Waals surface area contributed by atoms with Crippen LogP contribution in [-0.4, -0.2) is 39.3 Å². The van der Waals surface area contributed by atoms with Gasteiger partial charge in [-0.2, -0.15) is 0 Å². The molecule has 0 unspecified atom stereocenters. The lowest BCUT2D eigenvalue weighted by molar-refractivity contribution is 0.103. The number of rotatable bonds is 7. The zero-order valence-corrected chi connectivity index (χ0v) is 19.0. The van der Waals surface area contributed by atoms with Crippen molar-refractivity contribution < 1.29 is 33.3 Å². The number of carbonyl (C=O) groups is 1. The van der Waals surface area contributed by atoms with E-state index < -0.39 is 11.2 Å². The second-order valence-corrected chi connectivity index (χ2v) is 7.26. The number of hydrogen-bond acceptors (Lipinski definition) is 8. The quantitative estimate of drug-likeness (QED) is 0.402. The Morgan fingerprint density at radius 3 is 2.06 bits per heavy atom. The molecule has 1 aromatic heterocycles. The van der Waals surface area contributed by atoms with Crippen LogP contribution >= 0.6 is 0 Å². The molecule has 0 spiro atoms. The lowest BCUT2D eigenvalue weighted by Crippen LogP contribution is -2.18. The Balaban J connectivity index is 2.01. The van der Waals surface area contributed by atoms with Crippen molar-refractivity contribution in [1.82, 2.24) is 0 Å². The summed E-state index contributed by atoms with van der Waals surface area (Å²) in [5.41, 5.74) is 0.0655. The third-order valence-corrected chi connectivity index (χ3v) is 5.39. The van der Waals surface area contributed by atoms with Crippen LogP contribution in [0.2, 0.25) is 0 Å². The van der Waals surface area contributed by atoms with Crippen LogP contribution in [0.25, 0.3) is 22.3 Å². The van der Waals surface area contributed by atoms with Gasteiger partial charge in [-0.1, -0.05) is 12.1 Å². The molecule has 4 rings (SSSR count). The summed E-state index contributed by atoms with van der Waals surface area (Å²) in [5.74, 6) is 0.321. The van der Waals surface area contributed by atoms with Crippen molar-refractivity contribution >= 4 is 16.8 Å². The molecule has 174 valence electrons. The molecule has 1 heterocycles. The summed E-state index contributed by atoms with van der Waals surface area (Å²) in [7, 11) is 5.74. The Morgan fingerprint density at radius 1 is 0.824 bits per heavy atom. The number of ether oxygens (including phenoxy) is 4. The maximum atomic E-state index is 13.7. The third-order valence-electron chi connectivity index (χ3n) is 5.39. The highest BCUT2D eigenvalue weighted by Crippen LogP contribution is 2.40. The van der Waals surface area contributed by atoms with Crippen molar-refractivity contribution in [3.05, 3.63) is 75.9 Å². The second-order valence-electron chi connectivity index (χ2n) is 7.26. The highest BCUT2D eigenvalue weighted by molar-refractivity contribution is 6.14. The van der Waals surface area contributed by atoms with Gasteiger partial charge in [0.1, 0.15) is 16.9 Å². The SMILES string of the molecule is COc1ccc(-c2oc3ccccc3c(=O)c2C(=O)c2cc(OC)c(OC)c(OC)c2)cc1O. The minimum atomic E-state index is -0.607. The van der Waals surface area contributed by atoms with Gasteiger partial charge in [0.05, 0.1) is 33.8 Å². The van der Waals surface area contributed by atoms with Gasteiger partial charge in [-0.05, 0) is 42.5 Å². The molecule has 0 atom stereocenters. The van der Waals surface area contributed by atoms with E-state index >= 15 is 0 Å². The van der Waals surface area contributed by atoms with Gasteiger partial charge < -0.3 is 28.5 Å². The van der Waals surface area contributed by atoms with E-state index in [0.29, 0.717) is 16.9 Å². The Hall–Kier alpha value is -4.46. The molecule has 0 saturated carbocycles. The van der Waals surface area contributed by atoms with Gasteiger partial charge in [0.25, 0.3) is 0 Å². The lowest BCUT2D eigenvalue weighted by atomic mass is 9.96. The van der Waals surface area contributed by atoms with Crippen molar-refractivity contribution in [3.63, 3.8) is 0 Å². The summed E-state index contributed by atoms with van der Waals surface area (Å²) in [4.78, 5) is 27.3. The van der Waals surface area contributed by atoms with Crippen molar-refractivity contribution in [2.45, 2.75) is 0 Å². The van der Waals surface area contributed by atoms with Crippen LogP contribution in [0.3, 0.4) is 0 Å². The molecule has 3 aromatic carbocycles. The molecule has 0 saturated heterocycles. The largest absolute Gasteiger partial charge is 0.504 e. The number of ketones is 1. The molecule has 0 aliphatic rings. The van der Waals surface area contributed by atoms with E-state index in [1.165, 1.54) is 52.7 Å². The number of methoxy groups -OCH3 is 4. The van der Waals surface area contributed by atoms with Crippen LogP contribution in [0.4, 0.5) is 0 Å². The van der Waals surface area contributed by atoms with E-state index in [0.717, 1.165) is 0 Å². The second kappa shape index (κ2) is 9.19. The van der Waals surface area contributed by atoms with Gasteiger partial charge in [0, 0.05) is 11.1 Å². The average molecular weight is 462 g/mol. The van der Waals surface area contributed by atoms with Gasteiger partial charge in [-0.3, -0.25) is 9.59 Å². The Bertz CT molecular complexity index is 1430. The van der Waals surface area contributed by atoms with Crippen LogP contribution in [-0.2, 0) is 0 Å². The average Bonchev–Trinajstić information content (AvgIpc) is 2.87. The zero-order chi connectivity index (χ0) is 24.4. The van der Waals surface area contributed by atoms with Gasteiger partial charge in [0.15, 0.2) is 23.0 Å². The molecule has 0 radical (unpaired) electrons. The van der Waals surface area contributed by atoms with Crippen molar-refractivity contribution in [1.29, 1.82) is 0 Å². The van der Waals surface area contributed by atoms with E-state index in [1.807, 2.05) is 0 Å². The van der Waals surface area contributed by atoms with Crippen LogP contribution in [0.5, 0.6) is 28.7 Å². The number of benzene rings is 3. The normalized spacial score (nSPS) is 10.7. The van der Waals surface area contributed by atoms with Crippen molar-refractivity contribution in [3.8, 4) is 40.1 Å². The number of fused-ring (bicyclic) bond motifs is 1.